The lowest BCUT2D eigenvalue weighted by Gasteiger charge is -2.17. The average Bonchev–Trinajstić information content (AvgIpc) is 2.96. The molecule has 0 unspecified atom stereocenters. The third-order valence-electron chi connectivity index (χ3n) is 6.48. The molecule has 0 fully saturated rings. The number of aromatic hydroxyl groups is 2. The Labute approximate surface area is 258 Å². The third kappa shape index (κ3) is 7.09. The topological polar surface area (TPSA) is 189 Å². The van der Waals surface area contributed by atoms with Crippen LogP contribution in [0.2, 0.25) is 0 Å². The lowest BCUT2D eigenvalue weighted by Crippen LogP contribution is -2.53. The number of nitrogens with one attached hydrogen (secondary N) is 2. The molecule has 5 N–H and O–H groups in total. The summed E-state index contributed by atoms with van der Waals surface area (Å²) in [5.74, 6) is -3.33. The van der Waals surface area contributed by atoms with Crippen LogP contribution < -0.4 is 31.0 Å². The molecule has 232 valence electrons. The number of amides is 2. The molecule has 2 amide bonds. The number of ether oxygens (including phenoxy) is 2. The van der Waals surface area contributed by atoms with Gasteiger partial charge in [0.05, 0.1) is 13.2 Å². The minimum absolute atomic E-state index is 0.0918. The molecule has 0 saturated heterocycles. The van der Waals surface area contributed by atoms with Crippen LogP contribution in [0.1, 0.15) is 60.2 Å². The number of rotatable bonds is 13. The first-order valence-electron chi connectivity index (χ1n) is 13.7. The van der Waals surface area contributed by atoms with E-state index < -0.39 is 56.1 Å². The molecule has 12 nitrogen and oxygen atoms in total. The summed E-state index contributed by atoms with van der Waals surface area (Å²) < 4.78 is 11.9. The van der Waals surface area contributed by atoms with E-state index in [9.17, 15) is 39.3 Å². The summed E-state index contributed by atoms with van der Waals surface area (Å²) in [4.78, 5) is 64.2. The van der Waals surface area contributed by atoms with E-state index in [2.05, 4.69) is 0 Å². The molecule has 0 radical (unpaired) electrons. The molecule has 0 atom stereocenters. The summed E-state index contributed by atoms with van der Waals surface area (Å²) in [6.45, 7) is 4.95. The molecular weight excluding hydrogens is 612 g/mol. The van der Waals surface area contributed by atoms with E-state index >= 15 is 0 Å². The van der Waals surface area contributed by atoms with Gasteiger partial charge in [0.25, 0.3) is 11.8 Å². The van der Waals surface area contributed by atoms with Gasteiger partial charge in [-0.25, -0.2) is 4.79 Å². The number of carboxylic acids is 1. The number of carboxylic acid groups (broad SMARTS) is 1. The second-order valence-electron chi connectivity index (χ2n) is 9.66. The lowest BCUT2D eigenvalue weighted by molar-refractivity contribution is -0.139. The van der Waals surface area contributed by atoms with Crippen molar-refractivity contribution in [1.29, 1.82) is 0 Å². The van der Waals surface area contributed by atoms with Gasteiger partial charge in [-0.05, 0) is 49.2 Å². The normalized spacial score (nSPS) is 11.1. The fourth-order valence-electron chi connectivity index (χ4n) is 4.14. The van der Waals surface area contributed by atoms with E-state index in [0.29, 0.717) is 34.1 Å². The molecule has 14 heteroatoms. The molecule has 0 aliphatic carbocycles. The Balaban J connectivity index is 1.56. The van der Waals surface area contributed by atoms with Crippen LogP contribution in [-0.4, -0.2) is 52.5 Å². The van der Waals surface area contributed by atoms with Gasteiger partial charge in [-0.1, -0.05) is 49.4 Å². The number of carbonyl (C=O) groups excluding carboxylic acids is 2. The van der Waals surface area contributed by atoms with Crippen molar-refractivity contribution < 1.29 is 39.2 Å². The summed E-state index contributed by atoms with van der Waals surface area (Å²) in [6, 6.07) is 9.06. The van der Waals surface area contributed by atoms with Crippen molar-refractivity contribution in [3.63, 3.8) is 0 Å². The van der Waals surface area contributed by atoms with E-state index in [1.165, 1.54) is 12.1 Å². The molecule has 4 rings (SSSR count). The van der Waals surface area contributed by atoms with Crippen molar-refractivity contribution in [1.82, 2.24) is 10.6 Å². The Morgan fingerprint density at radius 1 is 0.750 bits per heavy atom. The SMILES string of the molecule is CCCCOc1ccc2c(=O)c(C(=O)NC(NC(=O)c3c(O)sc4cc(OCCCC)ccc4c3=O)C(=O)O)c(O)sc2c1. The molecule has 0 aliphatic heterocycles. The van der Waals surface area contributed by atoms with E-state index in [1.54, 1.807) is 24.3 Å². The molecule has 4 aromatic rings. The van der Waals surface area contributed by atoms with Gasteiger partial charge < -0.3 is 35.4 Å². The Kier molecular flexibility index (Phi) is 10.4. The highest BCUT2D eigenvalue weighted by molar-refractivity contribution is 7.20. The van der Waals surface area contributed by atoms with Crippen molar-refractivity contribution in [2.45, 2.75) is 45.7 Å². The maximum Gasteiger partial charge on any atom is 0.347 e. The van der Waals surface area contributed by atoms with Crippen LogP contribution in [0.3, 0.4) is 0 Å². The fourth-order valence-corrected chi connectivity index (χ4v) is 6.02. The Morgan fingerprint density at radius 2 is 1.16 bits per heavy atom. The number of fused-ring (bicyclic) bond motifs is 2. The van der Waals surface area contributed by atoms with Gasteiger partial charge in [0.1, 0.15) is 22.6 Å². The fraction of sp³-hybridized carbons (Fsp3) is 0.300. The van der Waals surface area contributed by atoms with Gasteiger partial charge in [-0.2, -0.15) is 0 Å². The molecule has 44 heavy (non-hydrogen) atoms. The minimum Gasteiger partial charge on any atom is -0.499 e. The molecule has 2 aromatic carbocycles. The van der Waals surface area contributed by atoms with Crippen molar-refractivity contribution in [2.24, 2.45) is 0 Å². The van der Waals surface area contributed by atoms with E-state index in [4.69, 9.17) is 9.47 Å². The van der Waals surface area contributed by atoms with Crippen molar-refractivity contribution in [2.75, 3.05) is 13.2 Å². The maximum absolute atomic E-state index is 13.1. The summed E-state index contributed by atoms with van der Waals surface area (Å²) in [7, 11) is 0. The number of benzene rings is 2. The van der Waals surface area contributed by atoms with Crippen LogP contribution in [0.5, 0.6) is 21.6 Å². The Bertz CT molecular complexity index is 1720. The summed E-state index contributed by atoms with van der Waals surface area (Å²) in [6.07, 6.45) is 1.38. The predicted molar refractivity (Wildman–Crippen MR) is 167 cm³/mol. The quantitative estimate of drug-likeness (QED) is 0.105. The first-order chi connectivity index (χ1) is 21.0. The summed E-state index contributed by atoms with van der Waals surface area (Å²) in [5.41, 5.74) is -3.17. The van der Waals surface area contributed by atoms with Crippen molar-refractivity contribution >= 4 is 60.6 Å². The summed E-state index contributed by atoms with van der Waals surface area (Å²) >= 11 is 1.44. The predicted octanol–water partition coefficient (Wildman–Crippen LogP) is 4.18. The first kappa shape index (κ1) is 32.2. The van der Waals surface area contributed by atoms with E-state index in [1.807, 2.05) is 24.5 Å². The minimum atomic E-state index is -2.13. The van der Waals surface area contributed by atoms with Crippen molar-refractivity contribution in [3.8, 4) is 21.6 Å². The molecule has 0 bridgehead atoms. The van der Waals surface area contributed by atoms with Crippen LogP contribution in [0.4, 0.5) is 0 Å². The Hall–Kier alpha value is -4.69. The molecular formula is C30H30N2O10S2. The molecule has 0 saturated carbocycles. The van der Waals surface area contributed by atoms with Crippen LogP contribution >= 0.6 is 22.7 Å². The molecule has 2 heterocycles. The number of aliphatic carboxylic acids is 1. The zero-order valence-corrected chi connectivity index (χ0v) is 25.4. The number of carbonyl (C=O) groups is 3. The number of hydrogen-bond donors (Lipinski definition) is 5. The smallest absolute Gasteiger partial charge is 0.347 e. The number of hydrogen-bond acceptors (Lipinski definition) is 11. The number of unbranched alkanes of at least 4 members (excludes halogenated alkanes) is 2. The van der Waals surface area contributed by atoms with Gasteiger partial charge in [-0.3, -0.25) is 19.2 Å². The van der Waals surface area contributed by atoms with Crippen LogP contribution in [0.15, 0.2) is 46.0 Å². The van der Waals surface area contributed by atoms with Gasteiger partial charge in [-0.15, -0.1) is 0 Å². The molecule has 2 aromatic heterocycles. The zero-order valence-electron chi connectivity index (χ0n) is 23.8. The van der Waals surface area contributed by atoms with Gasteiger partial charge in [0.2, 0.25) is 17.0 Å². The van der Waals surface area contributed by atoms with E-state index in [-0.39, 0.29) is 10.8 Å². The average molecular weight is 643 g/mol. The second-order valence-corrected chi connectivity index (χ2v) is 11.7. The molecule has 0 aliphatic rings. The largest absolute Gasteiger partial charge is 0.499 e. The Morgan fingerprint density at radius 3 is 1.52 bits per heavy atom. The van der Waals surface area contributed by atoms with Crippen LogP contribution in [-0.2, 0) is 4.79 Å². The van der Waals surface area contributed by atoms with Gasteiger partial charge >= 0.3 is 5.97 Å². The van der Waals surface area contributed by atoms with Crippen LogP contribution in [0, 0.1) is 0 Å². The van der Waals surface area contributed by atoms with Gasteiger partial charge in [0.15, 0.2) is 10.1 Å². The maximum atomic E-state index is 13.1. The van der Waals surface area contributed by atoms with Crippen molar-refractivity contribution in [3.05, 3.63) is 68.0 Å². The highest BCUT2D eigenvalue weighted by Gasteiger charge is 2.29. The summed E-state index contributed by atoms with van der Waals surface area (Å²) in [5, 5.41) is 33.6. The zero-order chi connectivity index (χ0) is 32.0. The highest BCUT2D eigenvalue weighted by atomic mass is 32.1. The highest BCUT2D eigenvalue weighted by Crippen LogP contribution is 2.32. The standard InChI is InChI=1S/C30H30N2O10S2/c1-3-5-11-41-15-7-9-17-19(13-15)43-29(39)21(23(17)33)26(35)31-25(28(37)38)32-27(36)22-24(34)18-10-8-16(42-12-6-4-2)14-20(18)44-30(22)40/h7-10,13-14,25,39-40H,3-6,11-12H2,1-2H3,(H,31,35)(H,32,36)(H,37,38). The van der Waals surface area contributed by atoms with Gasteiger partial charge in [0, 0.05) is 20.2 Å². The third-order valence-corrected chi connectivity index (χ3v) is 8.39. The molecule has 0 spiro atoms. The monoisotopic (exact) mass is 642 g/mol. The van der Waals surface area contributed by atoms with E-state index in [0.717, 1.165) is 48.4 Å². The first-order valence-corrected chi connectivity index (χ1v) is 15.4. The lowest BCUT2D eigenvalue weighted by atomic mass is 10.1. The van der Waals surface area contributed by atoms with Crippen LogP contribution in [0.25, 0.3) is 20.2 Å². The second kappa shape index (κ2) is 14.2.